The molecule has 0 amide bonds. The summed E-state index contributed by atoms with van der Waals surface area (Å²) in [4.78, 5) is 13.0. The summed E-state index contributed by atoms with van der Waals surface area (Å²) in [7, 11) is 0. The van der Waals surface area contributed by atoms with Gasteiger partial charge in [0.1, 0.15) is 0 Å². The molecule has 1 heterocycles. The van der Waals surface area contributed by atoms with Crippen molar-refractivity contribution in [3.8, 4) is 0 Å². The molecule has 1 aromatic rings. The Morgan fingerprint density at radius 2 is 2.33 bits per heavy atom. The lowest BCUT2D eigenvalue weighted by atomic mass is 10.1. The lowest BCUT2D eigenvalue weighted by molar-refractivity contribution is -0.384. The molecule has 1 saturated heterocycles. The van der Waals surface area contributed by atoms with Crippen molar-refractivity contribution in [1.29, 1.82) is 0 Å². The molecule has 0 radical (unpaired) electrons. The lowest BCUT2D eigenvalue weighted by Crippen LogP contribution is -2.37. The van der Waals surface area contributed by atoms with Gasteiger partial charge < -0.3 is 5.32 Å². The molecule has 5 heteroatoms. The van der Waals surface area contributed by atoms with Crippen molar-refractivity contribution < 1.29 is 4.92 Å². The SMILES string of the molecule is CCCCN(Cc1cccc([N+](=O)[O-])c1)CC1CCCN1. The molecule has 1 aliphatic heterocycles. The minimum Gasteiger partial charge on any atom is -0.313 e. The van der Waals surface area contributed by atoms with Crippen LogP contribution in [0.1, 0.15) is 38.2 Å². The highest BCUT2D eigenvalue weighted by Crippen LogP contribution is 2.16. The quantitative estimate of drug-likeness (QED) is 0.591. The van der Waals surface area contributed by atoms with Crippen molar-refractivity contribution in [3.63, 3.8) is 0 Å². The molecule has 21 heavy (non-hydrogen) atoms. The molecule has 1 atom stereocenters. The predicted molar refractivity (Wildman–Crippen MR) is 84.3 cm³/mol. The van der Waals surface area contributed by atoms with Crippen molar-refractivity contribution in [2.45, 2.75) is 45.2 Å². The van der Waals surface area contributed by atoms with Gasteiger partial charge in [-0.05, 0) is 37.9 Å². The molecular formula is C16H25N3O2. The molecule has 0 spiro atoms. The zero-order valence-corrected chi connectivity index (χ0v) is 12.8. The van der Waals surface area contributed by atoms with Crippen molar-refractivity contribution in [1.82, 2.24) is 10.2 Å². The second-order valence-corrected chi connectivity index (χ2v) is 5.81. The number of rotatable bonds is 8. The van der Waals surface area contributed by atoms with Crippen molar-refractivity contribution in [2.75, 3.05) is 19.6 Å². The van der Waals surface area contributed by atoms with Crippen LogP contribution in [0.5, 0.6) is 0 Å². The van der Waals surface area contributed by atoms with Gasteiger partial charge in [-0.1, -0.05) is 25.5 Å². The number of nitro benzene ring substituents is 1. The highest BCUT2D eigenvalue weighted by Gasteiger charge is 2.18. The molecule has 1 N–H and O–H groups in total. The van der Waals surface area contributed by atoms with E-state index in [4.69, 9.17) is 0 Å². The van der Waals surface area contributed by atoms with E-state index in [2.05, 4.69) is 17.1 Å². The summed E-state index contributed by atoms with van der Waals surface area (Å²) >= 11 is 0. The molecule has 0 aliphatic carbocycles. The maximum atomic E-state index is 10.9. The Kier molecular flexibility index (Phi) is 6.14. The first-order valence-corrected chi connectivity index (χ1v) is 7.88. The summed E-state index contributed by atoms with van der Waals surface area (Å²) in [5, 5.41) is 14.4. The number of non-ortho nitro benzene ring substituents is 1. The topological polar surface area (TPSA) is 58.4 Å². The third-order valence-electron chi connectivity index (χ3n) is 4.00. The Morgan fingerprint density at radius 1 is 1.48 bits per heavy atom. The Balaban J connectivity index is 1.98. The minimum atomic E-state index is -0.321. The molecule has 0 bridgehead atoms. The van der Waals surface area contributed by atoms with E-state index in [-0.39, 0.29) is 10.6 Å². The van der Waals surface area contributed by atoms with Crippen LogP contribution in [0, 0.1) is 10.1 Å². The molecule has 1 fully saturated rings. The molecular weight excluding hydrogens is 266 g/mol. The highest BCUT2D eigenvalue weighted by atomic mass is 16.6. The Bertz CT molecular complexity index is 459. The van der Waals surface area contributed by atoms with Crippen molar-refractivity contribution >= 4 is 5.69 Å². The fraction of sp³-hybridized carbons (Fsp3) is 0.625. The van der Waals surface area contributed by atoms with E-state index in [1.165, 1.54) is 25.7 Å². The van der Waals surface area contributed by atoms with Crippen LogP contribution in [0.4, 0.5) is 5.69 Å². The van der Waals surface area contributed by atoms with Crippen LogP contribution >= 0.6 is 0 Å². The largest absolute Gasteiger partial charge is 0.313 e. The predicted octanol–water partition coefficient (Wildman–Crippen LogP) is 2.95. The van der Waals surface area contributed by atoms with Crippen molar-refractivity contribution in [2.24, 2.45) is 0 Å². The van der Waals surface area contributed by atoms with E-state index < -0.39 is 0 Å². The molecule has 1 aromatic carbocycles. The zero-order valence-electron chi connectivity index (χ0n) is 12.8. The summed E-state index contributed by atoms with van der Waals surface area (Å²) in [6.45, 7) is 6.18. The molecule has 1 aliphatic rings. The third kappa shape index (κ3) is 5.10. The lowest BCUT2D eigenvalue weighted by Gasteiger charge is -2.25. The van der Waals surface area contributed by atoms with E-state index in [1.54, 1.807) is 18.2 Å². The van der Waals surface area contributed by atoms with E-state index in [0.717, 1.165) is 31.7 Å². The molecule has 2 rings (SSSR count). The van der Waals surface area contributed by atoms with Crippen LogP contribution in [0.2, 0.25) is 0 Å². The Hall–Kier alpha value is -1.46. The zero-order chi connectivity index (χ0) is 15.1. The summed E-state index contributed by atoms with van der Waals surface area (Å²) in [6.07, 6.45) is 4.83. The van der Waals surface area contributed by atoms with Crippen LogP contribution in [-0.4, -0.2) is 35.5 Å². The number of nitrogens with one attached hydrogen (secondary N) is 1. The molecule has 1 unspecified atom stereocenters. The van der Waals surface area contributed by atoms with Crippen LogP contribution in [0.25, 0.3) is 0 Å². The van der Waals surface area contributed by atoms with Gasteiger partial charge in [-0.25, -0.2) is 0 Å². The normalized spacial score (nSPS) is 18.3. The first-order chi connectivity index (χ1) is 10.2. The number of hydrogen-bond donors (Lipinski definition) is 1. The molecule has 116 valence electrons. The fourth-order valence-corrected chi connectivity index (χ4v) is 2.87. The highest BCUT2D eigenvalue weighted by molar-refractivity contribution is 5.34. The maximum absolute atomic E-state index is 10.9. The van der Waals surface area contributed by atoms with Gasteiger partial charge in [0.2, 0.25) is 0 Å². The van der Waals surface area contributed by atoms with E-state index in [0.29, 0.717) is 6.04 Å². The van der Waals surface area contributed by atoms with Gasteiger partial charge >= 0.3 is 0 Å². The van der Waals surface area contributed by atoms with Crippen LogP contribution < -0.4 is 5.32 Å². The smallest absolute Gasteiger partial charge is 0.269 e. The monoisotopic (exact) mass is 291 g/mol. The van der Waals surface area contributed by atoms with Gasteiger partial charge in [0.05, 0.1) is 4.92 Å². The minimum absolute atomic E-state index is 0.182. The average molecular weight is 291 g/mol. The Morgan fingerprint density at radius 3 is 3.00 bits per heavy atom. The number of nitrogens with zero attached hydrogens (tertiary/aromatic N) is 2. The molecule has 0 saturated carbocycles. The Labute approximate surface area is 126 Å². The number of hydrogen-bond acceptors (Lipinski definition) is 4. The first kappa shape index (κ1) is 15.9. The summed E-state index contributed by atoms with van der Waals surface area (Å²) in [5.74, 6) is 0. The summed E-state index contributed by atoms with van der Waals surface area (Å²) in [6, 6.07) is 7.58. The second-order valence-electron chi connectivity index (χ2n) is 5.81. The first-order valence-electron chi connectivity index (χ1n) is 7.88. The van der Waals surface area contributed by atoms with Gasteiger partial charge in [-0.15, -0.1) is 0 Å². The standard InChI is InChI=1S/C16H25N3O2/c1-2-3-10-18(13-15-7-5-9-17-15)12-14-6-4-8-16(11-14)19(20)21/h4,6,8,11,15,17H,2-3,5,7,9-10,12-13H2,1H3. The van der Waals surface area contributed by atoms with Gasteiger partial charge in [0.15, 0.2) is 0 Å². The van der Waals surface area contributed by atoms with Crippen LogP contribution in [0.15, 0.2) is 24.3 Å². The van der Waals surface area contributed by atoms with Gasteiger partial charge in [-0.3, -0.25) is 15.0 Å². The maximum Gasteiger partial charge on any atom is 0.269 e. The fourth-order valence-electron chi connectivity index (χ4n) is 2.87. The van der Waals surface area contributed by atoms with Gasteiger partial charge in [-0.2, -0.15) is 0 Å². The average Bonchev–Trinajstić information content (AvgIpc) is 2.98. The number of benzene rings is 1. The summed E-state index contributed by atoms with van der Waals surface area (Å²) < 4.78 is 0. The van der Waals surface area contributed by atoms with E-state index in [9.17, 15) is 10.1 Å². The summed E-state index contributed by atoms with van der Waals surface area (Å²) in [5.41, 5.74) is 1.21. The molecule has 5 nitrogen and oxygen atoms in total. The molecule has 0 aromatic heterocycles. The van der Waals surface area contributed by atoms with Crippen LogP contribution in [-0.2, 0) is 6.54 Å². The number of nitro groups is 1. The third-order valence-corrected chi connectivity index (χ3v) is 4.00. The van der Waals surface area contributed by atoms with Gasteiger partial charge in [0, 0.05) is 31.3 Å². The van der Waals surface area contributed by atoms with E-state index in [1.807, 2.05) is 6.07 Å². The van der Waals surface area contributed by atoms with Gasteiger partial charge in [0.25, 0.3) is 5.69 Å². The van der Waals surface area contributed by atoms with Crippen LogP contribution in [0.3, 0.4) is 0 Å². The van der Waals surface area contributed by atoms with E-state index >= 15 is 0 Å². The second kappa shape index (κ2) is 8.10. The van der Waals surface area contributed by atoms with Crippen molar-refractivity contribution in [3.05, 3.63) is 39.9 Å². The number of unbranched alkanes of at least 4 members (excludes halogenated alkanes) is 1.